The quantitative estimate of drug-likeness (QED) is 0.262. The summed E-state index contributed by atoms with van der Waals surface area (Å²) in [5.41, 5.74) is 5.23. The maximum atomic E-state index is 11.5. The van der Waals surface area contributed by atoms with Gasteiger partial charge in [-0.3, -0.25) is 9.59 Å². The first-order chi connectivity index (χ1) is 10.7. The van der Waals surface area contributed by atoms with Crippen molar-refractivity contribution in [2.45, 2.75) is 90.4 Å². The molecular formula is C18H36NNaO3. The molecule has 4 nitrogen and oxygen atoms in total. The molecule has 0 fully saturated rings. The first-order valence-electron chi connectivity index (χ1n) is 9.08. The van der Waals surface area contributed by atoms with Gasteiger partial charge in [0.25, 0.3) is 0 Å². The molecule has 2 N–H and O–H groups in total. The van der Waals surface area contributed by atoms with Crippen LogP contribution in [0.4, 0.5) is 0 Å². The molecule has 0 radical (unpaired) electrons. The molecule has 0 aliphatic rings. The SMILES string of the molecule is CCCCCCCCCCCCCC(=O)COC(=O)CCN.[H-].[Na+]. The molecule has 0 unspecified atom stereocenters. The Balaban J connectivity index is -0.00000220. The smallest absolute Gasteiger partial charge is 1.00 e. The van der Waals surface area contributed by atoms with Crippen molar-refractivity contribution < 1.29 is 45.3 Å². The maximum Gasteiger partial charge on any atom is 1.00 e. The fourth-order valence-electron chi connectivity index (χ4n) is 2.41. The average Bonchev–Trinajstić information content (AvgIpc) is 2.51. The Morgan fingerprint density at radius 1 is 0.826 bits per heavy atom. The van der Waals surface area contributed by atoms with E-state index in [4.69, 9.17) is 10.5 Å². The second kappa shape index (κ2) is 20.1. The molecule has 0 aromatic carbocycles. The van der Waals surface area contributed by atoms with Crippen LogP contribution < -0.4 is 35.3 Å². The van der Waals surface area contributed by atoms with E-state index in [0.29, 0.717) is 6.42 Å². The molecule has 0 rings (SSSR count). The molecule has 0 atom stereocenters. The van der Waals surface area contributed by atoms with Crippen LogP contribution >= 0.6 is 0 Å². The molecule has 132 valence electrons. The Hall–Kier alpha value is 0.1000. The third kappa shape index (κ3) is 20.1. The van der Waals surface area contributed by atoms with Gasteiger partial charge in [0.2, 0.25) is 0 Å². The number of ether oxygens (including phenoxy) is 1. The molecule has 23 heavy (non-hydrogen) atoms. The maximum absolute atomic E-state index is 11.5. The van der Waals surface area contributed by atoms with Crippen LogP contribution in [0.3, 0.4) is 0 Å². The summed E-state index contributed by atoms with van der Waals surface area (Å²) in [6.45, 7) is 2.43. The van der Waals surface area contributed by atoms with Gasteiger partial charge in [-0.1, -0.05) is 71.1 Å². The monoisotopic (exact) mass is 337 g/mol. The Morgan fingerprint density at radius 2 is 1.30 bits per heavy atom. The third-order valence-corrected chi connectivity index (χ3v) is 3.80. The number of hydrogen-bond donors (Lipinski definition) is 1. The Morgan fingerprint density at radius 3 is 1.78 bits per heavy atom. The van der Waals surface area contributed by atoms with Gasteiger partial charge in [-0.25, -0.2) is 0 Å². The van der Waals surface area contributed by atoms with Gasteiger partial charge < -0.3 is 11.9 Å². The van der Waals surface area contributed by atoms with Crippen molar-refractivity contribution in [3.05, 3.63) is 0 Å². The number of Topliss-reactive ketones (excluding diaryl/α,β-unsaturated/α-hetero) is 1. The minimum Gasteiger partial charge on any atom is -1.00 e. The van der Waals surface area contributed by atoms with E-state index in [9.17, 15) is 9.59 Å². The molecule has 0 saturated heterocycles. The standard InChI is InChI=1S/C18H35NO3.Na.H/c1-2-3-4-5-6-7-8-9-10-11-12-13-17(20)16-22-18(21)14-15-19;;/h2-16,19H2,1H3;;/q;+1;-1. The number of nitrogens with two attached hydrogens (primary N) is 1. The molecule has 5 heteroatoms. The molecule has 0 aromatic heterocycles. The van der Waals surface area contributed by atoms with E-state index in [0.717, 1.165) is 12.8 Å². The molecule has 0 amide bonds. The molecule has 0 saturated carbocycles. The molecule has 0 aliphatic carbocycles. The van der Waals surface area contributed by atoms with E-state index < -0.39 is 0 Å². The number of ketones is 1. The van der Waals surface area contributed by atoms with Crippen LogP contribution in [-0.4, -0.2) is 24.9 Å². The zero-order valence-corrected chi connectivity index (χ0v) is 17.4. The average molecular weight is 337 g/mol. The summed E-state index contributed by atoms with van der Waals surface area (Å²) in [7, 11) is 0. The Bertz CT molecular complexity index is 291. The third-order valence-electron chi connectivity index (χ3n) is 3.80. The van der Waals surface area contributed by atoms with Crippen LogP contribution in [0.5, 0.6) is 0 Å². The molecule has 0 heterocycles. The summed E-state index contributed by atoms with van der Waals surface area (Å²) in [6, 6.07) is 0. The van der Waals surface area contributed by atoms with E-state index in [1.165, 1.54) is 57.8 Å². The largest absolute Gasteiger partial charge is 1.00 e. The molecular weight excluding hydrogens is 301 g/mol. The summed E-state index contributed by atoms with van der Waals surface area (Å²) >= 11 is 0. The van der Waals surface area contributed by atoms with Gasteiger partial charge in [0.1, 0.15) is 6.61 Å². The predicted octanol–water partition coefficient (Wildman–Crippen LogP) is 1.27. The normalized spacial score (nSPS) is 10.2. The van der Waals surface area contributed by atoms with Crippen molar-refractivity contribution in [2.24, 2.45) is 5.73 Å². The number of unbranched alkanes of at least 4 members (excludes halogenated alkanes) is 10. The van der Waals surface area contributed by atoms with Crippen molar-refractivity contribution in [3.8, 4) is 0 Å². The van der Waals surface area contributed by atoms with E-state index in [1.54, 1.807) is 0 Å². The minimum absolute atomic E-state index is 0. The van der Waals surface area contributed by atoms with Crippen molar-refractivity contribution in [1.82, 2.24) is 0 Å². The van der Waals surface area contributed by atoms with Gasteiger partial charge >= 0.3 is 35.5 Å². The fourth-order valence-corrected chi connectivity index (χ4v) is 2.41. The van der Waals surface area contributed by atoms with Crippen LogP contribution in [0.2, 0.25) is 0 Å². The molecule has 0 spiro atoms. The van der Waals surface area contributed by atoms with Crippen molar-refractivity contribution in [1.29, 1.82) is 0 Å². The summed E-state index contributed by atoms with van der Waals surface area (Å²) in [4.78, 5) is 22.6. The minimum atomic E-state index is -0.380. The second-order valence-corrected chi connectivity index (χ2v) is 6.02. The van der Waals surface area contributed by atoms with Gasteiger partial charge in [0.15, 0.2) is 5.78 Å². The summed E-state index contributed by atoms with van der Waals surface area (Å²) < 4.78 is 4.83. The Kier molecular flexibility index (Phi) is 22.2. The van der Waals surface area contributed by atoms with Crippen molar-refractivity contribution in [2.75, 3.05) is 13.2 Å². The summed E-state index contributed by atoms with van der Waals surface area (Å²) in [5.74, 6) is -0.365. The Labute approximate surface area is 166 Å². The van der Waals surface area contributed by atoms with E-state index in [2.05, 4.69) is 6.92 Å². The molecule has 0 aromatic rings. The van der Waals surface area contributed by atoms with Crippen molar-refractivity contribution in [3.63, 3.8) is 0 Å². The van der Waals surface area contributed by atoms with E-state index in [-0.39, 0.29) is 62.3 Å². The van der Waals surface area contributed by atoms with Gasteiger partial charge in [0.05, 0.1) is 6.42 Å². The van der Waals surface area contributed by atoms with Crippen LogP contribution in [0, 0.1) is 0 Å². The molecule has 0 bridgehead atoms. The van der Waals surface area contributed by atoms with Gasteiger partial charge in [-0.05, 0) is 6.42 Å². The van der Waals surface area contributed by atoms with Crippen molar-refractivity contribution >= 4 is 11.8 Å². The van der Waals surface area contributed by atoms with Crippen LogP contribution in [0.25, 0.3) is 0 Å². The topological polar surface area (TPSA) is 69.4 Å². The van der Waals surface area contributed by atoms with Crippen LogP contribution in [0.15, 0.2) is 0 Å². The van der Waals surface area contributed by atoms with Gasteiger partial charge in [-0.2, -0.15) is 0 Å². The number of carbonyl (C=O) groups is 2. The summed E-state index contributed by atoms with van der Waals surface area (Å²) in [6.07, 6.45) is 14.7. The predicted molar refractivity (Wildman–Crippen MR) is 91.8 cm³/mol. The fraction of sp³-hybridized carbons (Fsp3) is 0.889. The first-order valence-corrected chi connectivity index (χ1v) is 9.08. The van der Waals surface area contributed by atoms with Gasteiger partial charge in [0, 0.05) is 13.0 Å². The van der Waals surface area contributed by atoms with E-state index >= 15 is 0 Å². The number of hydrogen-bond acceptors (Lipinski definition) is 4. The zero-order valence-electron chi connectivity index (χ0n) is 16.4. The van der Waals surface area contributed by atoms with E-state index in [1.807, 2.05) is 0 Å². The number of carbonyl (C=O) groups excluding carboxylic acids is 2. The summed E-state index contributed by atoms with van der Waals surface area (Å²) in [5, 5.41) is 0. The molecule has 0 aliphatic heterocycles. The second-order valence-electron chi connectivity index (χ2n) is 6.02. The van der Waals surface area contributed by atoms with Crippen LogP contribution in [0.1, 0.15) is 91.8 Å². The zero-order chi connectivity index (χ0) is 16.5. The van der Waals surface area contributed by atoms with Gasteiger partial charge in [-0.15, -0.1) is 0 Å². The number of esters is 1. The first kappa shape index (κ1) is 25.3. The number of rotatable bonds is 16. The van der Waals surface area contributed by atoms with Crippen LogP contribution in [-0.2, 0) is 14.3 Å².